The Balaban J connectivity index is 2.12. The Morgan fingerprint density at radius 2 is 1.76 bits per heavy atom. The van der Waals surface area contributed by atoms with Gasteiger partial charge in [0.1, 0.15) is 5.41 Å². The quantitative estimate of drug-likeness (QED) is 0.765. The number of alkyl halides is 3. The van der Waals surface area contributed by atoms with E-state index in [1.807, 2.05) is 12.1 Å². The topological polar surface area (TPSA) is 12.0 Å². The fourth-order valence-electron chi connectivity index (χ4n) is 2.84. The molecule has 0 bridgehead atoms. The monoisotopic (exact) mass is 355 g/mol. The molecule has 1 atom stereocenters. The van der Waals surface area contributed by atoms with Crippen LogP contribution in [-0.4, -0.2) is 12.7 Å². The van der Waals surface area contributed by atoms with Crippen LogP contribution >= 0.6 is 15.9 Å². The summed E-state index contributed by atoms with van der Waals surface area (Å²) >= 11 is 3.33. The van der Waals surface area contributed by atoms with E-state index in [9.17, 15) is 13.2 Å². The predicted molar refractivity (Wildman–Crippen MR) is 80.5 cm³/mol. The summed E-state index contributed by atoms with van der Waals surface area (Å²) in [5.74, 6) is 0. The molecule has 3 rings (SSSR count). The van der Waals surface area contributed by atoms with E-state index in [1.54, 1.807) is 36.4 Å². The number of fused-ring (bicyclic) bond motifs is 1. The number of rotatable bonds is 1. The first kappa shape index (κ1) is 14.4. The van der Waals surface area contributed by atoms with Crippen LogP contribution < -0.4 is 5.32 Å². The largest absolute Gasteiger partial charge is 0.400 e. The molecule has 1 N–H and O–H groups in total. The van der Waals surface area contributed by atoms with Gasteiger partial charge in [0.25, 0.3) is 0 Å². The van der Waals surface area contributed by atoms with E-state index in [2.05, 4.69) is 21.2 Å². The molecule has 0 saturated carbocycles. The summed E-state index contributed by atoms with van der Waals surface area (Å²) in [5.41, 5.74) is -0.136. The predicted octanol–water partition coefficient (Wildman–Crippen LogP) is 4.92. The van der Waals surface area contributed by atoms with Crippen molar-refractivity contribution in [2.75, 3.05) is 11.9 Å². The molecule has 0 aliphatic carbocycles. The minimum absolute atomic E-state index is 0.0533. The second kappa shape index (κ2) is 5.05. The number of hydrogen-bond acceptors (Lipinski definition) is 1. The molecule has 0 saturated heterocycles. The molecule has 0 fully saturated rings. The lowest BCUT2D eigenvalue weighted by molar-refractivity contribution is -0.187. The van der Waals surface area contributed by atoms with Crippen molar-refractivity contribution < 1.29 is 13.2 Å². The Morgan fingerprint density at radius 1 is 1.05 bits per heavy atom. The van der Waals surface area contributed by atoms with Crippen LogP contribution in [0.4, 0.5) is 18.9 Å². The van der Waals surface area contributed by atoms with Gasteiger partial charge in [0.05, 0.1) is 0 Å². The lowest BCUT2D eigenvalue weighted by Gasteiger charge is -2.40. The average Bonchev–Trinajstić information content (AvgIpc) is 2.46. The van der Waals surface area contributed by atoms with Gasteiger partial charge in [-0.25, -0.2) is 0 Å². The fraction of sp³-hybridized carbons (Fsp3) is 0.250. The van der Waals surface area contributed by atoms with Crippen LogP contribution in [0.15, 0.2) is 53.0 Å². The summed E-state index contributed by atoms with van der Waals surface area (Å²) in [7, 11) is 0. The van der Waals surface area contributed by atoms with Gasteiger partial charge in [-0.1, -0.05) is 46.3 Å². The van der Waals surface area contributed by atoms with Gasteiger partial charge < -0.3 is 5.32 Å². The summed E-state index contributed by atoms with van der Waals surface area (Å²) in [6.07, 6.45) is -4.37. The Bertz CT molecular complexity index is 654. The molecule has 5 heteroatoms. The van der Waals surface area contributed by atoms with Gasteiger partial charge in [0.15, 0.2) is 0 Å². The first-order valence-electron chi connectivity index (χ1n) is 6.57. The number of anilines is 1. The van der Waals surface area contributed by atoms with Crippen molar-refractivity contribution in [1.82, 2.24) is 0 Å². The normalized spacial score (nSPS) is 21.5. The lowest BCUT2D eigenvalue weighted by Crippen LogP contribution is -2.51. The Morgan fingerprint density at radius 3 is 2.43 bits per heavy atom. The van der Waals surface area contributed by atoms with E-state index < -0.39 is 11.6 Å². The molecule has 0 spiro atoms. The highest BCUT2D eigenvalue weighted by atomic mass is 79.9. The fourth-order valence-corrected chi connectivity index (χ4v) is 3.25. The minimum atomic E-state index is -4.32. The van der Waals surface area contributed by atoms with Gasteiger partial charge >= 0.3 is 6.18 Å². The van der Waals surface area contributed by atoms with Crippen LogP contribution in [0.1, 0.15) is 11.1 Å². The third kappa shape index (κ3) is 2.44. The van der Waals surface area contributed by atoms with E-state index in [0.717, 1.165) is 10.2 Å². The summed E-state index contributed by atoms with van der Waals surface area (Å²) in [6, 6.07) is 13.5. The van der Waals surface area contributed by atoms with Crippen molar-refractivity contribution in [3.8, 4) is 0 Å². The van der Waals surface area contributed by atoms with E-state index >= 15 is 0 Å². The molecular formula is C16H13BrF3N. The highest BCUT2D eigenvalue weighted by molar-refractivity contribution is 9.10. The van der Waals surface area contributed by atoms with Crippen LogP contribution in [-0.2, 0) is 11.8 Å². The molecule has 2 aromatic rings. The smallest absolute Gasteiger partial charge is 0.384 e. The maximum absolute atomic E-state index is 13.8. The van der Waals surface area contributed by atoms with Gasteiger partial charge in [0.2, 0.25) is 0 Å². The molecule has 0 radical (unpaired) electrons. The highest BCUT2D eigenvalue weighted by Gasteiger charge is 2.57. The van der Waals surface area contributed by atoms with Gasteiger partial charge in [-0.15, -0.1) is 0 Å². The third-order valence-corrected chi connectivity index (χ3v) is 4.50. The van der Waals surface area contributed by atoms with Gasteiger partial charge in [-0.3, -0.25) is 0 Å². The summed E-state index contributed by atoms with van der Waals surface area (Å²) in [4.78, 5) is 0. The van der Waals surface area contributed by atoms with E-state index in [4.69, 9.17) is 0 Å². The number of hydrogen-bond donors (Lipinski definition) is 1. The number of halogens is 4. The number of benzene rings is 2. The molecule has 1 nitrogen and oxygen atoms in total. The molecule has 1 aliphatic rings. The van der Waals surface area contributed by atoms with Crippen LogP contribution in [0.5, 0.6) is 0 Å². The Kier molecular flexibility index (Phi) is 3.48. The Labute approximate surface area is 129 Å². The first-order chi connectivity index (χ1) is 9.92. The standard InChI is InChI=1S/C16H13BrF3N/c17-13-6-7-14-11(8-13)9-15(10-21-14,16(18,19)20)12-4-2-1-3-5-12/h1-8,21H,9-10H2/t15-/m0/s1. The van der Waals surface area contributed by atoms with Crippen LogP contribution in [0, 0.1) is 0 Å². The summed E-state index contributed by atoms with van der Waals surface area (Å²) in [5, 5.41) is 2.94. The zero-order chi connectivity index (χ0) is 15.1. The second-order valence-electron chi connectivity index (χ2n) is 5.28. The van der Waals surface area contributed by atoms with Crippen molar-refractivity contribution in [2.45, 2.75) is 18.0 Å². The third-order valence-electron chi connectivity index (χ3n) is 4.01. The number of nitrogens with one attached hydrogen (secondary N) is 1. The summed E-state index contributed by atoms with van der Waals surface area (Å²) < 4.78 is 42.3. The van der Waals surface area contributed by atoms with E-state index in [1.165, 1.54) is 0 Å². The van der Waals surface area contributed by atoms with Gasteiger partial charge in [-0.05, 0) is 35.7 Å². The molecule has 1 aliphatic heterocycles. The Hall–Kier alpha value is -1.49. The van der Waals surface area contributed by atoms with Crippen molar-refractivity contribution in [3.63, 3.8) is 0 Å². The van der Waals surface area contributed by atoms with Crippen molar-refractivity contribution in [2.24, 2.45) is 0 Å². The maximum Gasteiger partial charge on any atom is 0.400 e. The first-order valence-corrected chi connectivity index (χ1v) is 7.36. The SMILES string of the molecule is FC(F)(F)[C@]1(c2ccccc2)CNc2ccc(Br)cc2C1. The van der Waals surface area contributed by atoms with Crippen molar-refractivity contribution in [1.29, 1.82) is 0 Å². The van der Waals surface area contributed by atoms with Crippen LogP contribution in [0.25, 0.3) is 0 Å². The van der Waals surface area contributed by atoms with Gasteiger partial charge in [0, 0.05) is 16.7 Å². The van der Waals surface area contributed by atoms with Crippen molar-refractivity contribution >= 4 is 21.6 Å². The highest BCUT2D eigenvalue weighted by Crippen LogP contribution is 2.47. The minimum Gasteiger partial charge on any atom is -0.384 e. The van der Waals surface area contributed by atoms with E-state index in [-0.39, 0.29) is 13.0 Å². The molecule has 0 aromatic heterocycles. The molecular weight excluding hydrogens is 343 g/mol. The molecule has 1 heterocycles. The molecule has 110 valence electrons. The molecule has 0 unspecified atom stereocenters. The van der Waals surface area contributed by atoms with E-state index in [0.29, 0.717) is 11.1 Å². The van der Waals surface area contributed by atoms with Gasteiger partial charge in [-0.2, -0.15) is 13.2 Å². The average molecular weight is 356 g/mol. The zero-order valence-corrected chi connectivity index (χ0v) is 12.6. The maximum atomic E-state index is 13.8. The van der Waals surface area contributed by atoms with Crippen molar-refractivity contribution in [3.05, 3.63) is 64.1 Å². The van der Waals surface area contributed by atoms with Crippen LogP contribution in [0.2, 0.25) is 0 Å². The molecule has 2 aromatic carbocycles. The molecule has 21 heavy (non-hydrogen) atoms. The van der Waals surface area contributed by atoms with Crippen LogP contribution in [0.3, 0.4) is 0 Å². The summed E-state index contributed by atoms with van der Waals surface area (Å²) in [6.45, 7) is -0.144. The molecule has 0 amide bonds. The zero-order valence-electron chi connectivity index (χ0n) is 11.0. The lowest BCUT2D eigenvalue weighted by atomic mass is 9.72. The second-order valence-corrected chi connectivity index (χ2v) is 6.19.